The van der Waals surface area contributed by atoms with E-state index in [1.54, 1.807) is 16.8 Å². The molecule has 2 atom stereocenters. The van der Waals surface area contributed by atoms with Gasteiger partial charge in [0.2, 0.25) is 0 Å². The van der Waals surface area contributed by atoms with Crippen LogP contribution >= 0.6 is 0 Å². The molecule has 6 heteroatoms. The molecule has 2 heterocycles. The SMILES string of the molecule is COc1cc2c(cc1O)N(C)[C@@H](O)C1CCCN1C2=O. The van der Waals surface area contributed by atoms with Gasteiger partial charge in [0.1, 0.15) is 6.23 Å². The number of nitrogens with zero attached hydrogens (tertiary/aromatic N) is 2. The number of hydrogen-bond donors (Lipinski definition) is 2. The van der Waals surface area contributed by atoms with Crippen molar-refractivity contribution in [2.75, 3.05) is 25.6 Å². The number of rotatable bonds is 1. The number of carbonyl (C=O) groups excluding carboxylic acids is 1. The standard InChI is InChI=1S/C14H18N2O4/c1-15-10-7-11(17)12(20-2)6-8(10)13(18)16-5-3-4-9(16)14(15)19/h6-7,9,14,17,19H,3-5H2,1-2H3/t9?,14-/m0/s1. The Balaban J connectivity index is 2.17. The number of methoxy groups -OCH3 is 1. The molecule has 0 radical (unpaired) electrons. The Morgan fingerprint density at radius 1 is 1.40 bits per heavy atom. The van der Waals surface area contributed by atoms with Crippen LogP contribution in [0.3, 0.4) is 0 Å². The molecule has 2 aliphatic rings. The number of anilines is 1. The van der Waals surface area contributed by atoms with Crippen molar-refractivity contribution in [1.29, 1.82) is 0 Å². The molecule has 0 aromatic heterocycles. The van der Waals surface area contributed by atoms with Crippen molar-refractivity contribution in [3.63, 3.8) is 0 Å². The van der Waals surface area contributed by atoms with Crippen LogP contribution in [0.5, 0.6) is 11.5 Å². The van der Waals surface area contributed by atoms with Gasteiger partial charge in [-0.3, -0.25) is 4.79 Å². The van der Waals surface area contributed by atoms with Gasteiger partial charge in [0.25, 0.3) is 5.91 Å². The number of amides is 1. The van der Waals surface area contributed by atoms with Gasteiger partial charge in [0.15, 0.2) is 11.5 Å². The Morgan fingerprint density at radius 2 is 2.15 bits per heavy atom. The van der Waals surface area contributed by atoms with Gasteiger partial charge in [-0.1, -0.05) is 0 Å². The summed E-state index contributed by atoms with van der Waals surface area (Å²) >= 11 is 0. The Labute approximate surface area is 117 Å². The van der Waals surface area contributed by atoms with E-state index >= 15 is 0 Å². The molecule has 108 valence electrons. The van der Waals surface area contributed by atoms with Crippen LogP contribution in [0.2, 0.25) is 0 Å². The lowest BCUT2D eigenvalue weighted by atomic mass is 10.1. The summed E-state index contributed by atoms with van der Waals surface area (Å²) in [5.41, 5.74) is 0.973. The molecule has 1 saturated heterocycles. The lowest BCUT2D eigenvalue weighted by molar-refractivity contribution is 0.0527. The first-order chi connectivity index (χ1) is 9.54. The maximum absolute atomic E-state index is 12.6. The van der Waals surface area contributed by atoms with Crippen molar-refractivity contribution < 1.29 is 19.7 Å². The van der Waals surface area contributed by atoms with Crippen molar-refractivity contribution in [2.45, 2.75) is 25.1 Å². The van der Waals surface area contributed by atoms with Crippen molar-refractivity contribution in [1.82, 2.24) is 4.90 Å². The molecule has 1 amide bonds. The fourth-order valence-electron chi connectivity index (χ4n) is 3.09. The van der Waals surface area contributed by atoms with Crippen LogP contribution in [0.15, 0.2) is 12.1 Å². The number of benzene rings is 1. The van der Waals surface area contributed by atoms with Crippen molar-refractivity contribution in [2.24, 2.45) is 0 Å². The number of ether oxygens (including phenoxy) is 1. The van der Waals surface area contributed by atoms with Crippen molar-refractivity contribution >= 4 is 11.6 Å². The first kappa shape index (κ1) is 13.1. The van der Waals surface area contributed by atoms with Crippen molar-refractivity contribution in [3.8, 4) is 11.5 Å². The molecule has 0 spiro atoms. The van der Waals surface area contributed by atoms with E-state index in [9.17, 15) is 15.0 Å². The first-order valence-electron chi connectivity index (χ1n) is 6.67. The fraction of sp³-hybridized carbons (Fsp3) is 0.500. The zero-order valence-electron chi connectivity index (χ0n) is 11.5. The Kier molecular flexibility index (Phi) is 2.97. The summed E-state index contributed by atoms with van der Waals surface area (Å²) in [6.07, 6.45) is 0.913. The van der Waals surface area contributed by atoms with E-state index in [4.69, 9.17) is 4.74 Å². The van der Waals surface area contributed by atoms with Gasteiger partial charge in [0.05, 0.1) is 24.4 Å². The van der Waals surface area contributed by atoms with Gasteiger partial charge in [-0.25, -0.2) is 0 Å². The van der Waals surface area contributed by atoms with E-state index in [-0.39, 0.29) is 23.4 Å². The molecule has 2 N–H and O–H groups in total. The highest BCUT2D eigenvalue weighted by Gasteiger charge is 2.41. The second kappa shape index (κ2) is 4.56. The molecule has 3 rings (SSSR count). The summed E-state index contributed by atoms with van der Waals surface area (Å²) < 4.78 is 5.07. The van der Waals surface area contributed by atoms with Gasteiger partial charge in [0, 0.05) is 19.7 Å². The summed E-state index contributed by atoms with van der Waals surface area (Å²) in [5.74, 6) is 0.0991. The van der Waals surface area contributed by atoms with Gasteiger partial charge in [-0.15, -0.1) is 0 Å². The van der Waals surface area contributed by atoms with Gasteiger partial charge in [-0.2, -0.15) is 0 Å². The van der Waals surface area contributed by atoms with E-state index in [1.165, 1.54) is 19.2 Å². The molecule has 6 nitrogen and oxygen atoms in total. The second-order valence-corrected chi connectivity index (χ2v) is 5.27. The predicted molar refractivity (Wildman–Crippen MR) is 73.1 cm³/mol. The molecular weight excluding hydrogens is 260 g/mol. The van der Waals surface area contributed by atoms with Crippen LogP contribution in [-0.4, -0.2) is 54.0 Å². The average Bonchev–Trinajstić information content (AvgIpc) is 2.91. The van der Waals surface area contributed by atoms with E-state index in [0.717, 1.165) is 12.8 Å². The summed E-state index contributed by atoms with van der Waals surface area (Å²) in [4.78, 5) is 16.0. The third-order valence-electron chi connectivity index (χ3n) is 4.21. The number of likely N-dealkylation sites (N-methyl/N-ethyl adjacent to an activating group) is 1. The summed E-state index contributed by atoms with van der Waals surface area (Å²) in [7, 11) is 3.17. The maximum Gasteiger partial charge on any atom is 0.256 e. The molecule has 20 heavy (non-hydrogen) atoms. The molecule has 1 fully saturated rings. The topological polar surface area (TPSA) is 73.2 Å². The Hall–Kier alpha value is -1.95. The zero-order valence-corrected chi connectivity index (χ0v) is 11.5. The van der Waals surface area contributed by atoms with Gasteiger partial charge in [-0.05, 0) is 18.9 Å². The Morgan fingerprint density at radius 3 is 2.85 bits per heavy atom. The van der Waals surface area contributed by atoms with Crippen molar-refractivity contribution in [3.05, 3.63) is 17.7 Å². The molecule has 1 unspecified atom stereocenters. The molecule has 0 bridgehead atoms. The van der Waals surface area contributed by atoms with Crippen LogP contribution in [0.1, 0.15) is 23.2 Å². The number of aliphatic hydroxyl groups excluding tert-OH is 1. The molecule has 1 aromatic carbocycles. The number of fused-ring (bicyclic) bond motifs is 2. The first-order valence-corrected chi connectivity index (χ1v) is 6.67. The van der Waals surface area contributed by atoms with E-state index in [1.807, 2.05) is 0 Å². The van der Waals surface area contributed by atoms with Gasteiger partial charge < -0.3 is 24.7 Å². The van der Waals surface area contributed by atoms with E-state index in [0.29, 0.717) is 17.8 Å². The third kappa shape index (κ3) is 1.71. The fourth-order valence-corrected chi connectivity index (χ4v) is 3.09. The van der Waals surface area contributed by atoms with Crippen LogP contribution in [0.25, 0.3) is 0 Å². The number of hydrogen-bond acceptors (Lipinski definition) is 5. The quantitative estimate of drug-likeness (QED) is 0.794. The molecule has 0 aliphatic carbocycles. The number of phenols is 1. The largest absolute Gasteiger partial charge is 0.504 e. The van der Waals surface area contributed by atoms with Crippen LogP contribution in [0, 0.1) is 0 Å². The minimum atomic E-state index is -0.768. The predicted octanol–water partition coefficient (Wildman–Crippen LogP) is 0.774. The normalized spacial score (nSPS) is 25.2. The van der Waals surface area contributed by atoms with E-state index < -0.39 is 6.23 Å². The smallest absolute Gasteiger partial charge is 0.256 e. The molecule has 2 aliphatic heterocycles. The summed E-state index contributed by atoms with van der Waals surface area (Å²) in [6.45, 7) is 0.650. The number of carbonyl (C=O) groups is 1. The lowest BCUT2D eigenvalue weighted by Gasteiger charge is -2.30. The molecule has 1 aromatic rings. The Bertz CT molecular complexity index is 560. The monoisotopic (exact) mass is 278 g/mol. The van der Waals surface area contributed by atoms with Crippen LogP contribution < -0.4 is 9.64 Å². The highest BCUT2D eigenvalue weighted by molar-refractivity contribution is 6.01. The highest BCUT2D eigenvalue weighted by Crippen LogP contribution is 2.39. The number of aromatic hydroxyl groups is 1. The summed E-state index contributed by atoms with van der Waals surface area (Å²) in [5, 5.41) is 20.3. The van der Waals surface area contributed by atoms with Gasteiger partial charge >= 0.3 is 0 Å². The van der Waals surface area contributed by atoms with Crippen LogP contribution in [-0.2, 0) is 0 Å². The van der Waals surface area contributed by atoms with E-state index in [2.05, 4.69) is 0 Å². The van der Waals surface area contributed by atoms with Crippen LogP contribution in [0.4, 0.5) is 5.69 Å². The zero-order chi connectivity index (χ0) is 14.4. The third-order valence-corrected chi connectivity index (χ3v) is 4.21. The minimum absolute atomic E-state index is 0.0415. The molecule has 0 saturated carbocycles. The highest BCUT2D eigenvalue weighted by atomic mass is 16.5. The lowest BCUT2D eigenvalue weighted by Crippen LogP contribution is -2.47. The number of aliphatic hydroxyl groups is 1. The average molecular weight is 278 g/mol. The second-order valence-electron chi connectivity index (χ2n) is 5.27. The number of phenolic OH excluding ortho intramolecular Hbond substituents is 1. The summed E-state index contributed by atoms with van der Waals surface area (Å²) in [6, 6.07) is 2.81. The molecular formula is C14H18N2O4. The maximum atomic E-state index is 12.6. The minimum Gasteiger partial charge on any atom is -0.504 e.